The smallest absolute Gasteiger partial charge is 0.224 e. The maximum atomic E-state index is 9.30. The Labute approximate surface area is 134 Å². The topological polar surface area (TPSA) is 102 Å². The van der Waals surface area contributed by atoms with E-state index in [0.29, 0.717) is 5.82 Å². The molecule has 0 radical (unpaired) electrons. The van der Waals surface area contributed by atoms with Gasteiger partial charge in [0.2, 0.25) is 5.95 Å². The summed E-state index contributed by atoms with van der Waals surface area (Å²) in [5.41, 5.74) is 7.40. The van der Waals surface area contributed by atoms with Crippen molar-refractivity contribution in [1.29, 1.82) is 0 Å². The average molecular weight is 314 g/mol. The Kier molecular flexibility index (Phi) is 3.65. The molecule has 2 aromatic rings. The van der Waals surface area contributed by atoms with Crippen LogP contribution < -0.4 is 11.1 Å². The number of anilines is 2. The number of rotatable bonds is 6. The van der Waals surface area contributed by atoms with Gasteiger partial charge < -0.3 is 20.7 Å². The predicted octanol–water partition coefficient (Wildman–Crippen LogP) is 1.73. The van der Waals surface area contributed by atoms with Crippen molar-refractivity contribution in [3.05, 3.63) is 18.5 Å². The molecule has 2 aromatic heterocycles. The van der Waals surface area contributed by atoms with E-state index in [-0.39, 0.29) is 24.5 Å². The molecule has 7 nitrogen and oxygen atoms in total. The van der Waals surface area contributed by atoms with Gasteiger partial charge in [0.15, 0.2) is 17.0 Å². The van der Waals surface area contributed by atoms with Gasteiger partial charge in [0.05, 0.1) is 12.4 Å². The van der Waals surface area contributed by atoms with Gasteiger partial charge in [-0.3, -0.25) is 0 Å². The van der Waals surface area contributed by atoms with Gasteiger partial charge >= 0.3 is 0 Å². The molecule has 2 atom stereocenters. The number of aliphatic hydroxyl groups excluding tert-OH is 1. The standard InChI is InChI=1S/C16H22N6O/c17-16-20-14(18-6-5-10-1-2-10)13-15(21-16)22(9-19-13)12-4-3-11(7-12)8-23/h3-4,9-12,23H,1-2,5-8H2,(H3,17,18,20,21)/t11-,12+/m1/s1. The summed E-state index contributed by atoms with van der Waals surface area (Å²) in [6.07, 6.45) is 10.7. The molecule has 4 N–H and O–H groups in total. The zero-order chi connectivity index (χ0) is 15.8. The van der Waals surface area contributed by atoms with Crippen LogP contribution in [0.3, 0.4) is 0 Å². The number of aromatic nitrogens is 4. The van der Waals surface area contributed by atoms with Crippen molar-refractivity contribution < 1.29 is 5.11 Å². The van der Waals surface area contributed by atoms with Crippen molar-refractivity contribution in [1.82, 2.24) is 19.5 Å². The van der Waals surface area contributed by atoms with Gasteiger partial charge in [0.1, 0.15) is 0 Å². The molecular weight excluding hydrogens is 292 g/mol. The average Bonchev–Trinajstić information content (AvgIpc) is 3.08. The molecule has 0 saturated heterocycles. The van der Waals surface area contributed by atoms with Crippen molar-refractivity contribution in [2.24, 2.45) is 11.8 Å². The van der Waals surface area contributed by atoms with Crippen molar-refractivity contribution in [3.8, 4) is 0 Å². The van der Waals surface area contributed by atoms with Crippen LogP contribution in [-0.2, 0) is 0 Å². The number of nitrogen functional groups attached to an aromatic ring is 1. The molecule has 23 heavy (non-hydrogen) atoms. The number of nitrogens with two attached hydrogens (primary N) is 1. The van der Waals surface area contributed by atoms with Crippen LogP contribution in [-0.4, -0.2) is 37.8 Å². The fourth-order valence-electron chi connectivity index (χ4n) is 3.19. The van der Waals surface area contributed by atoms with Crippen LogP contribution in [0.1, 0.15) is 31.7 Å². The fraction of sp³-hybridized carbons (Fsp3) is 0.562. The number of hydrogen-bond donors (Lipinski definition) is 3. The lowest BCUT2D eigenvalue weighted by Gasteiger charge is -2.13. The maximum absolute atomic E-state index is 9.30. The Morgan fingerprint density at radius 1 is 1.30 bits per heavy atom. The van der Waals surface area contributed by atoms with Crippen LogP contribution in [0.15, 0.2) is 18.5 Å². The summed E-state index contributed by atoms with van der Waals surface area (Å²) in [6.45, 7) is 1.06. The van der Waals surface area contributed by atoms with Gasteiger partial charge in [0, 0.05) is 19.1 Å². The molecule has 1 fully saturated rings. The molecule has 4 rings (SSSR count). The highest BCUT2D eigenvalue weighted by Crippen LogP contribution is 2.33. The summed E-state index contributed by atoms with van der Waals surface area (Å²) < 4.78 is 2.02. The van der Waals surface area contributed by atoms with Crippen molar-refractivity contribution in [2.45, 2.75) is 31.7 Å². The molecule has 1 saturated carbocycles. The second kappa shape index (κ2) is 5.81. The van der Waals surface area contributed by atoms with E-state index in [1.165, 1.54) is 12.8 Å². The largest absolute Gasteiger partial charge is 0.396 e. The number of hydrogen-bond acceptors (Lipinski definition) is 6. The third kappa shape index (κ3) is 2.88. The molecule has 2 heterocycles. The van der Waals surface area contributed by atoms with Crippen LogP contribution in [0.5, 0.6) is 0 Å². The highest BCUT2D eigenvalue weighted by Gasteiger charge is 2.24. The molecule has 0 aliphatic heterocycles. The molecule has 0 unspecified atom stereocenters. The minimum absolute atomic E-state index is 0.158. The Bertz CT molecular complexity index is 735. The van der Waals surface area contributed by atoms with Crippen molar-refractivity contribution in [2.75, 3.05) is 24.2 Å². The van der Waals surface area contributed by atoms with Crippen LogP contribution in [0.4, 0.5) is 11.8 Å². The Morgan fingerprint density at radius 2 is 2.17 bits per heavy atom. The Morgan fingerprint density at radius 3 is 2.91 bits per heavy atom. The molecule has 0 amide bonds. The summed E-state index contributed by atoms with van der Waals surface area (Å²) in [4.78, 5) is 13.2. The Balaban J connectivity index is 1.60. The van der Waals surface area contributed by atoms with Crippen LogP contribution in [0.25, 0.3) is 11.2 Å². The summed E-state index contributed by atoms with van der Waals surface area (Å²) in [5, 5.41) is 12.7. The molecule has 0 spiro atoms. The summed E-state index contributed by atoms with van der Waals surface area (Å²) >= 11 is 0. The van der Waals surface area contributed by atoms with E-state index in [2.05, 4.69) is 32.4 Å². The van der Waals surface area contributed by atoms with Crippen LogP contribution in [0, 0.1) is 11.8 Å². The van der Waals surface area contributed by atoms with Crippen LogP contribution >= 0.6 is 0 Å². The second-order valence-corrected chi connectivity index (χ2v) is 6.54. The number of aliphatic hydroxyl groups is 1. The zero-order valence-corrected chi connectivity index (χ0v) is 13.0. The lowest BCUT2D eigenvalue weighted by Crippen LogP contribution is -2.10. The number of nitrogens with zero attached hydrogens (tertiary/aromatic N) is 4. The van der Waals surface area contributed by atoms with Gasteiger partial charge in [-0.15, -0.1) is 0 Å². The summed E-state index contributed by atoms with van der Waals surface area (Å²) in [7, 11) is 0. The quantitative estimate of drug-likeness (QED) is 0.702. The molecule has 0 aromatic carbocycles. The first-order chi connectivity index (χ1) is 11.2. The highest BCUT2D eigenvalue weighted by molar-refractivity contribution is 5.84. The second-order valence-electron chi connectivity index (χ2n) is 6.54. The minimum atomic E-state index is 0.158. The SMILES string of the molecule is Nc1nc(NCCC2CC2)c2ncn([C@H]3C=C[C@@H](CO)C3)c2n1. The van der Waals surface area contributed by atoms with Gasteiger partial charge in [0.25, 0.3) is 0 Å². The molecule has 0 bridgehead atoms. The van der Waals surface area contributed by atoms with E-state index in [0.717, 1.165) is 36.5 Å². The Hall–Kier alpha value is -2.15. The summed E-state index contributed by atoms with van der Waals surface area (Å²) in [6, 6.07) is 0.158. The molecule has 7 heteroatoms. The van der Waals surface area contributed by atoms with E-state index in [1.807, 2.05) is 4.57 Å². The highest BCUT2D eigenvalue weighted by atomic mass is 16.3. The first kappa shape index (κ1) is 14.4. The molecule has 122 valence electrons. The van der Waals surface area contributed by atoms with E-state index in [4.69, 9.17) is 5.73 Å². The number of nitrogens with one attached hydrogen (secondary N) is 1. The lowest BCUT2D eigenvalue weighted by atomic mass is 10.1. The van der Waals surface area contributed by atoms with Gasteiger partial charge in [-0.25, -0.2) is 4.98 Å². The van der Waals surface area contributed by atoms with E-state index in [1.54, 1.807) is 6.33 Å². The predicted molar refractivity (Wildman–Crippen MR) is 88.9 cm³/mol. The van der Waals surface area contributed by atoms with Crippen molar-refractivity contribution >= 4 is 22.9 Å². The van der Waals surface area contributed by atoms with E-state index in [9.17, 15) is 5.11 Å². The number of allylic oxidation sites excluding steroid dienone is 1. The lowest BCUT2D eigenvalue weighted by molar-refractivity contribution is 0.244. The third-order valence-electron chi connectivity index (χ3n) is 4.72. The monoisotopic (exact) mass is 314 g/mol. The van der Waals surface area contributed by atoms with E-state index >= 15 is 0 Å². The third-order valence-corrected chi connectivity index (χ3v) is 4.72. The molecular formula is C16H22N6O. The zero-order valence-electron chi connectivity index (χ0n) is 13.0. The first-order valence-electron chi connectivity index (χ1n) is 8.27. The van der Waals surface area contributed by atoms with E-state index < -0.39 is 0 Å². The molecule has 2 aliphatic carbocycles. The van der Waals surface area contributed by atoms with Gasteiger partial charge in [-0.1, -0.05) is 25.0 Å². The normalized spacial score (nSPS) is 23.7. The first-order valence-corrected chi connectivity index (χ1v) is 8.27. The van der Waals surface area contributed by atoms with Gasteiger partial charge in [-0.05, 0) is 18.8 Å². The molecule has 2 aliphatic rings. The fourth-order valence-corrected chi connectivity index (χ4v) is 3.19. The van der Waals surface area contributed by atoms with Gasteiger partial charge in [-0.2, -0.15) is 9.97 Å². The maximum Gasteiger partial charge on any atom is 0.224 e. The van der Waals surface area contributed by atoms with Crippen molar-refractivity contribution in [3.63, 3.8) is 0 Å². The number of imidazole rings is 1. The minimum Gasteiger partial charge on any atom is -0.396 e. The number of fused-ring (bicyclic) bond motifs is 1. The van der Waals surface area contributed by atoms with Crippen LogP contribution in [0.2, 0.25) is 0 Å². The summed E-state index contributed by atoms with van der Waals surface area (Å²) in [5.74, 6) is 2.04.